The van der Waals surface area contributed by atoms with Crippen molar-refractivity contribution in [2.75, 3.05) is 13.4 Å². The van der Waals surface area contributed by atoms with Crippen molar-refractivity contribution in [1.82, 2.24) is 9.97 Å². The van der Waals surface area contributed by atoms with Crippen LogP contribution in [0.2, 0.25) is 0 Å². The molecule has 1 aliphatic rings. The number of carbonyl (C=O) groups excluding carboxylic acids is 1. The van der Waals surface area contributed by atoms with E-state index in [9.17, 15) is 13.2 Å². The fourth-order valence-corrected chi connectivity index (χ4v) is 2.42. The molecule has 17 heavy (non-hydrogen) atoms. The van der Waals surface area contributed by atoms with Gasteiger partial charge in [0, 0.05) is 23.7 Å². The minimum absolute atomic E-state index is 0.193. The zero-order valence-corrected chi connectivity index (χ0v) is 10.3. The monoisotopic (exact) mass is 256 g/mol. The van der Waals surface area contributed by atoms with Gasteiger partial charge in [-0.05, 0) is 12.8 Å². The van der Waals surface area contributed by atoms with Crippen molar-refractivity contribution in [3.8, 4) is 0 Å². The quantitative estimate of drug-likeness (QED) is 0.550. The molecule has 0 saturated heterocycles. The van der Waals surface area contributed by atoms with Crippen LogP contribution >= 0.6 is 0 Å². The van der Waals surface area contributed by atoms with Gasteiger partial charge in [0.15, 0.2) is 0 Å². The average Bonchev–Trinajstić information content (AvgIpc) is 2.69. The number of aromatic nitrogens is 2. The van der Waals surface area contributed by atoms with Gasteiger partial charge in [0.1, 0.15) is 0 Å². The van der Waals surface area contributed by atoms with E-state index in [4.69, 9.17) is 0 Å². The van der Waals surface area contributed by atoms with Crippen LogP contribution in [0.5, 0.6) is 0 Å². The Morgan fingerprint density at radius 2 is 2.24 bits per heavy atom. The third-order valence-electron chi connectivity index (χ3n) is 2.74. The molecule has 2 rings (SSSR count). The Balaban J connectivity index is 2.42. The maximum Gasteiger partial charge on any atom is 0.313 e. The molecule has 7 heteroatoms. The Bertz CT molecular complexity index is 568. The Morgan fingerprint density at radius 3 is 2.82 bits per heavy atom. The molecule has 0 saturated carbocycles. The molecule has 0 aromatic carbocycles. The van der Waals surface area contributed by atoms with Crippen molar-refractivity contribution < 1.29 is 17.9 Å². The van der Waals surface area contributed by atoms with E-state index >= 15 is 0 Å². The molecule has 0 amide bonds. The van der Waals surface area contributed by atoms with Crippen molar-refractivity contribution in [2.24, 2.45) is 0 Å². The summed E-state index contributed by atoms with van der Waals surface area (Å²) in [4.78, 5) is 19.2. The van der Waals surface area contributed by atoms with Gasteiger partial charge in [-0.25, -0.2) is 18.4 Å². The van der Waals surface area contributed by atoms with E-state index in [0.717, 1.165) is 6.26 Å². The van der Waals surface area contributed by atoms with Gasteiger partial charge in [-0.3, -0.25) is 4.79 Å². The first-order valence-corrected chi connectivity index (χ1v) is 6.96. The second-order valence-electron chi connectivity index (χ2n) is 3.94. The van der Waals surface area contributed by atoms with Crippen molar-refractivity contribution in [1.29, 1.82) is 0 Å². The molecular weight excluding hydrogens is 244 g/mol. The molecule has 0 bridgehead atoms. The molecule has 6 nitrogen and oxygen atoms in total. The van der Waals surface area contributed by atoms with E-state index < -0.39 is 9.84 Å². The van der Waals surface area contributed by atoms with E-state index in [1.54, 1.807) is 0 Å². The number of aryl methyl sites for hydroxylation is 1. The van der Waals surface area contributed by atoms with Gasteiger partial charge in [0.05, 0.1) is 13.0 Å². The number of esters is 1. The van der Waals surface area contributed by atoms with Gasteiger partial charge in [0.25, 0.3) is 0 Å². The highest BCUT2D eigenvalue weighted by Crippen LogP contribution is 2.32. The summed E-state index contributed by atoms with van der Waals surface area (Å²) in [6.45, 7) is 0. The van der Waals surface area contributed by atoms with Gasteiger partial charge in [-0.15, -0.1) is 0 Å². The van der Waals surface area contributed by atoms with Crippen LogP contribution in [0.1, 0.15) is 23.6 Å². The van der Waals surface area contributed by atoms with Crippen LogP contribution in [0.4, 0.5) is 0 Å². The molecule has 1 atom stereocenters. The van der Waals surface area contributed by atoms with Crippen LogP contribution in [-0.4, -0.2) is 37.7 Å². The summed E-state index contributed by atoms with van der Waals surface area (Å²) in [5.74, 6) is -0.705. The highest BCUT2D eigenvalue weighted by molar-refractivity contribution is 7.90. The minimum Gasteiger partial charge on any atom is -0.469 e. The number of sulfone groups is 1. The summed E-state index contributed by atoms with van der Waals surface area (Å²) in [6, 6.07) is 0. The minimum atomic E-state index is -3.41. The maximum atomic E-state index is 11.5. The molecule has 0 radical (unpaired) electrons. The maximum absolute atomic E-state index is 11.5. The third kappa shape index (κ3) is 2.14. The van der Waals surface area contributed by atoms with E-state index in [1.807, 2.05) is 0 Å². The van der Waals surface area contributed by atoms with E-state index in [1.165, 1.54) is 13.3 Å². The lowest BCUT2D eigenvalue weighted by Gasteiger charge is -2.07. The highest BCUT2D eigenvalue weighted by Gasteiger charge is 2.31. The van der Waals surface area contributed by atoms with Crippen LogP contribution in [0.3, 0.4) is 0 Å². The normalized spacial score (nSPS) is 18.8. The molecule has 1 aromatic rings. The number of ether oxygens (including phenoxy) is 1. The molecule has 1 unspecified atom stereocenters. The zero-order valence-electron chi connectivity index (χ0n) is 9.50. The van der Waals surface area contributed by atoms with Crippen molar-refractivity contribution in [3.63, 3.8) is 0 Å². The lowest BCUT2D eigenvalue weighted by molar-refractivity contribution is -0.142. The Hall–Kier alpha value is -1.50. The van der Waals surface area contributed by atoms with Crippen LogP contribution in [0, 0.1) is 0 Å². The second-order valence-corrected chi connectivity index (χ2v) is 5.85. The number of nitrogens with zero attached hydrogens (tertiary/aromatic N) is 2. The summed E-state index contributed by atoms with van der Waals surface area (Å²) in [7, 11) is -2.08. The van der Waals surface area contributed by atoms with Gasteiger partial charge in [-0.2, -0.15) is 0 Å². The first kappa shape index (κ1) is 12.0. The lowest BCUT2D eigenvalue weighted by atomic mass is 10.1. The average molecular weight is 256 g/mol. The summed E-state index contributed by atoms with van der Waals surface area (Å²) in [5.41, 5.74) is 1.29. The van der Waals surface area contributed by atoms with Gasteiger partial charge < -0.3 is 4.74 Å². The highest BCUT2D eigenvalue weighted by atomic mass is 32.2. The van der Waals surface area contributed by atoms with Crippen LogP contribution in [0.15, 0.2) is 11.4 Å². The van der Waals surface area contributed by atoms with Crippen LogP contribution in [0.25, 0.3) is 0 Å². The molecule has 1 heterocycles. The lowest BCUT2D eigenvalue weighted by Crippen LogP contribution is -2.12. The van der Waals surface area contributed by atoms with Crippen molar-refractivity contribution >= 4 is 15.8 Å². The first-order valence-electron chi connectivity index (χ1n) is 5.07. The fourth-order valence-electron chi connectivity index (χ4n) is 1.90. The predicted molar refractivity (Wildman–Crippen MR) is 58.2 cm³/mol. The molecule has 0 fully saturated rings. The summed E-state index contributed by atoms with van der Waals surface area (Å²) in [5, 5.41) is -0.193. The molecule has 0 spiro atoms. The fraction of sp³-hybridized carbons (Fsp3) is 0.500. The zero-order chi connectivity index (χ0) is 12.6. The molecular formula is C10H12N2O4S. The first-order chi connectivity index (χ1) is 7.93. The number of rotatable bonds is 2. The standard InChI is InChI=1S/C10H12N2O4S/c1-16-9(13)6-3-4-8-7(6)5-11-10(12-8)17(2,14)15/h5-6H,3-4H2,1-2H3. The van der Waals surface area contributed by atoms with Crippen LogP contribution in [-0.2, 0) is 25.8 Å². The largest absolute Gasteiger partial charge is 0.469 e. The van der Waals surface area contributed by atoms with E-state index in [-0.39, 0.29) is 17.0 Å². The molecule has 1 aliphatic carbocycles. The predicted octanol–water partition coefficient (Wildman–Crippen LogP) is 0.0829. The van der Waals surface area contributed by atoms with Crippen LogP contribution < -0.4 is 0 Å². The number of carbonyl (C=O) groups is 1. The topological polar surface area (TPSA) is 86.2 Å². The summed E-state index contributed by atoms with van der Waals surface area (Å²) < 4.78 is 27.3. The van der Waals surface area contributed by atoms with Crippen molar-refractivity contribution in [2.45, 2.75) is 23.9 Å². The number of hydrogen-bond acceptors (Lipinski definition) is 6. The Labute approximate surface area is 99.0 Å². The molecule has 0 aliphatic heterocycles. The number of methoxy groups -OCH3 is 1. The molecule has 0 N–H and O–H groups in total. The third-order valence-corrected chi connectivity index (χ3v) is 3.60. The SMILES string of the molecule is COC(=O)C1CCc2nc(S(C)(=O)=O)ncc21. The van der Waals surface area contributed by atoms with Gasteiger partial charge >= 0.3 is 5.97 Å². The smallest absolute Gasteiger partial charge is 0.313 e. The molecule has 92 valence electrons. The number of hydrogen-bond donors (Lipinski definition) is 0. The number of fused-ring (bicyclic) bond motifs is 1. The summed E-state index contributed by atoms with van der Waals surface area (Å²) >= 11 is 0. The van der Waals surface area contributed by atoms with Gasteiger partial charge in [-0.1, -0.05) is 0 Å². The second kappa shape index (κ2) is 4.06. The van der Waals surface area contributed by atoms with E-state index in [2.05, 4.69) is 14.7 Å². The van der Waals surface area contributed by atoms with E-state index in [0.29, 0.717) is 24.1 Å². The van der Waals surface area contributed by atoms with Crippen molar-refractivity contribution in [3.05, 3.63) is 17.5 Å². The Kier molecular flexibility index (Phi) is 2.86. The summed E-state index contributed by atoms with van der Waals surface area (Å²) in [6.07, 6.45) is 3.62. The molecule has 1 aromatic heterocycles. The Morgan fingerprint density at radius 1 is 1.53 bits per heavy atom. The van der Waals surface area contributed by atoms with Gasteiger partial charge in [0.2, 0.25) is 15.0 Å².